The second kappa shape index (κ2) is 6.69. The molecule has 1 saturated carbocycles. The first-order valence-electron chi connectivity index (χ1n) is 7.04. The summed E-state index contributed by atoms with van der Waals surface area (Å²) in [6.07, 6.45) is 8.72. The molecule has 1 aromatic rings. The average molecular weight is 267 g/mol. The molecule has 1 aromatic heterocycles. The van der Waals surface area contributed by atoms with Crippen LogP contribution < -0.4 is 5.32 Å². The lowest BCUT2D eigenvalue weighted by Gasteiger charge is -2.42. The predicted octanol–water partition coefficient (Wildman–Crippen LogP) is 3.62. The van der Waals surface area contributed by atoms with Gasteiger partial charge in [-0.1, -0.05) is 19.3 Å². The van der Waals surface area contributed by atoms with Crippen molar-refractivity contribution < 1.29 is 4.74 Å². The van der Waals surface area contributed by atoms with E-state index in [2.05, 4.69) is 29.2 Å². The van der Waals surface area contributed by atoms with Crippen molar-refractivity contribution in [3.05, 3.63) is 22.4 Å². The highest BCUT2D eigenvalue weighted by molar-refractivity contribution is 7.07. The van der Waals surface area contributed by atoms with Gasteiger partial charge in [-0.05, 0) is 55.1 Å². The van der Waals surface area contributed by atoms with Gasteiger partial charge in [-0.15, -0.1) is 0 Å². The summed E-state index contributed by atoms with van der Waals surface area (Å²) in [5, 5.41) is 7.92. The van der Waals surface area contributed by atoms with E-state index >= 15 is 0 Å². The van der Waals surface area contributed by atoms with E-state index < -0.39 is 0 Å². The second-order valence-corrected chi connectivity index (χ2v) is 6.12. The van der Waals surface area contributed by atoms with Crippen molar-refractivity contribution in [1.82, 2.24) is 5.32 Å². The second-order valence-electron chi connectivity index (χ2n) is 5.34. The summed E-state index contributed by atoms with van der Waals surface area (Å²) < 4.78 is 5.94. The molecule has 2 nitrogen and oxygen atoms in total. The third-order valence-corrected chi connectivity index (χ3v) is 5.12. The van der Waals surface area contributed by atoms with Crippen molar-refractivity contribution >= 4 is 11.3 Å². The topological polar surface area (TPSA) is 21.3 Å². The van der Waals surface area contributed by atoms with Gasteiger partial charge in [-0.3, -0.25) is 0 Å². The highest BCUT2D eigenvalue weighted by Crippen LogP contribution is 2.35. The van der Waals surface area contributed by atoms with Gasteiger partial charge in [0.05, 0.1) is 5.60 Å². The molecule has 1 aliphatic carbocycles. The van der Waals surface area contributed by atoms with Crippen LogP contribution in [0.15, 0.2) is 16.8 Å². The van der Waals surface area contributed by atoms with E-state index in [0.29, 0.717) is 6.04 Å². The standard InChI is InChI=1S/C15H25NOS/c1-16-14(7-6-13-8-11-18-12-13)15(17-2)9-4-3-5-10-15/h8,11-12,14,16H,3-7,9-10H2,1-2H3. The first-order chi connectivity index (χ1) is 8.80. The molecule has 0 aromatic carbocycles. The van der Waals surface area contributed by atoms with E-state index in [1.807, 2.05) is 7.11 Å². The molecule has 0 saturated heterocycles. The lowest BCUT2D eigenvalue weighted by Crippen LogP contribution is -2.52. The quantitative estimate of drug-likeness (QED) is 0.850. The fourth-order valence-electron chi connectivity index (χ4n) is 3.26. The Kier molecular flexibility index (Phi) is 5.22. The van der Waals surface area contributed by atoms with Gasteiger partial charge < -0.3 is 10.1 Å². The van der Waals surface area contributed by atoms with Crippen molar-refractivity contribution in [3.8, 4) is 0 Å². The number of likely N-dealkylation sites (N-methyl/N-ethyl adjacent to an activating group) is 1. The van der Waals surface area contributed by atoms with E-state index in [0.717, 1.165) is 6.42 Å². The van der Waals surface area contributed by atoms with Gasteiger partial charge >= 0.3 is 0 Å². The summed E-state index contributed by atoms with van der Waals surface area (Å²) in [5.41, 5.74) is 1.53. The fourth-order valence-corrected chi connectivity index (χ4v) is 3.96. The van der Waals surface area contributed by atoms with Crippen LogP contribution in [0.2, 0.25) is 0 Å². The molecule has 18 heavy (non-hydrogen) atoms. The van der Waals surface area contributed by atoms with Gasteiger partial charge in [0.25, 0.3) is 0 Å². The molecule has 1 unspecified atom stereocenters. The van der Waals surface area contributed by atoms with Crippen LogP contribution in [-0.2, 0) is 11.2 Å². The van der Waals surface area contributed by atoms with E-state index in [1.54, 1.807) is 11.3 Å². The maximum Gasteiger partial charge on any atom is 0.0830 e. The zero-order valence-corrected chi connectivity index (χ0v) is 12.4. The molecule has 2 rings (SSSR count). The maximum atomic E-state index is 5.94. The zero-order valence-electron chi connectivity index (χ0n) is 11.6. The molecule has 0 spiro atoms. The molecule has 1 N–H and O–H groups in total. The number of rotatable bonds is 6. The number of hydrogen-bond acceptors (Lipinski definition) is 3. The van der Waals surface area contributed by atoms with E-state index in [-0.39, 0.29) is 5.60 Å². The van der Waals surface area contributed by atoms with Crippen LogP contribution in [-0.4, -0.2) is 25.8 Å². The summed E-state index contributed by atoms with van der Waals surface area (Å²) >= 11 is 1.79. The number of thiophene rings is 1. The van der Waals surface area contributed by atoms with Crippen LogP contribution >= 0.6 is 11.3 Å². The molecule has 0 amide bonds. The van der Waals surface area contributed by atoms with Crippen molar-refractivity contribution in [2.45, 2.75) is 56.6 Å². The molecule has 0 aliphatic heterocycles. The molecule has 3 heteroatoms. The Hall–Kier alpha value is -0.380. The molecule has 102 valence electrons. The van der Waals surface area contributed by atoms with E-state index in [1.165, 1.54) is 44.1 Å². The van der Waals surface area contributed by atoms with Gasteiger partial charge in [-0.2, -0.15) is 11.3 Å². The van der Waals surface area contributed by atoms with Gasteiger partial charge in [0.1, 0.15) is 0 Å². The first-order valence-corrected chi connectivity index (χ1v) is 7.98. The van der Waals surface area contributed by atoms with Gasteiger partial charge in [0.15, 0.2) is 0 Å². The summed E-state index contributed by atoms with van der Waals surface area (Å²) in [6, 6.07) is 2.71. The number of nitrogens with one attached hydrogen (secondary N) is 1. The van der Waals surface area contributed by atoms with E-state index in [9.17, 15) is 0 Å². The van der Waals surface area contributed by atoms with Crippen LogP contribution in [0.1, 0.15) is 44.1 Å². The first kappa shape index (κ1) is 14.0. The Morgan fingerprint density at radius 1 is 1.39 bits per heavy atom. The Labute approximate surface area is 115 Å². The number of methoxy groups -OCH3 is 1. The van der Waals surface area contributed by atoms with Gasteiger partial charge in [0, 0.05) is 13.2 Å². The maximum absolute atomic E-state index is 5.94. The van der Waals surface area contributed by atoms with E-state index in [4.69, 9.17) is 4.74 Å². The Morgan fingerprint density at radius 2 is 2.17 bits per heavy atom. The van der Waals surface area contributed by atoms with Crippen LogP contribution in [0.5, 0.6) is 0 Å². The minimum Gasteiger partial charge on any atom is -0.377 e. The lowest BCUT2D eigenvalue weighted by molar-refractivity contribution is -0.0675. The van der Waals surface area contributed by atoms with Crippen molar-refractivity contribution in [2.24, 2.45) is 0 Å². The summed E-state index contributed by atoms with van der Waals surface area (Å²) in [5.74, 6) is 0. The molecule has 0 radical (unpaired) electrons. The minimum absolute atomic E-state index is 0.0724. The normalized spacial score (nSPS) is 20.8. The van der Waals surface area contributed by atoms with Crippen LogP contribution in [0.25, 0.3) is 0 Å². The largest absolute Gasteiger partial charge is 0.377 e. The molecular weight excluding hydrogens is 242 g/mol. The van der Waals surface area contributed by atoms with Crippen LogP contribution in [0.3, 0.4) is 0 Å². The van der Waals surface area contributed by atoms with Crippen molar-refractivity contribution in [3.63, 3.8) is 0 Å². The monoisotopic (exact) mass is 267 g/mol. The summed E-state index contributed by atoms with van der Waals surface area (Å²) in [7, 11) is 3.97. The summed E-state index contributed by atoms with van der Waals surface area (Å²) in [4.78, 5) is 0. The lowest BCUT2D eigenvalue weighted by atomic mass is 9.77. The SMILES string of the molecule is CNC(CCc1ccsc1)C1(OC)CCCCC1. The third kappa shape index (κ3) is 3.14. The Bertz CT molecular complexity index is 330. The highest BCUT2D eigenvalue weighted by Gasteiger charge is 2.38. The molecule has 0 bridgehead atoms. The average Bonchev–Trinajstić information content (AvgIpc) is 2.93. The minimum atomic E-state index is 0.0724. The van der Waals surface area contributed by atoms with Crippen LogP contribution in [0, 0.1) is 0 Å². The Morgan fingerprint density at radius 3 is 2.72 bits per heavy atom. The number of hydrogen-bond donors (Lipinski definition) is 1. The smallest absolute Gasteiger partial charge is 0.0830 e. The fraction of sp³-hybridized carbons (Fsp3) is 0.733. The summed E-state index contributed by atoms with van der Waals surface area (Å²) in [6.45, 7) is 0. The predicted molar refractivity (Wildman–Crippen MR) is 78.3 cm³/mol. The highest BCUT2D eigenvalue weighted by atomic mass is 32.1. The molecule has 1 aliphatic rings. The van der Waals surface area contributed by atoms with Crippen molar-refractivity contribution in [2.75, 3.05) is 14.2 Å². The van der Waals surface area contributed by atoms with Gasteiger partial charge in [0.2, 0.25) is 0 Å². The molecule has 1 atom stereocenters. The third-order valence-electron chi connectivity index (χ3n) is 4.39. The number of aryl methyl sites for hydroxylation is 1. The van der Waals surface area contributed by atoms with Crippen molar-refractivity contribution in [1.29, 1.82) is 0 Å². The number of ether oxygens (including phenoxy) is 1. The molecular formula is C15H25NOS. The Balaban J connectivity index is 1.97. The van der Waals surface area contributed by atoms with Crippen LogP contribution in [0.4, 0.5) is 0 Å². The molecule has 1 fully saturated rings. The molecule has 1 heterocycles. The zero-order chi connectivity index (χ0) is 12.8. The van der Waals surface area contributed by atoms with Gasteiger partial charge in [-0.25, -0.2) is 0 Å².